The van der Waals surface area contributed by atoms with Crippen LogP contribution in [0.1, 0.15) is 47.0 Å². The number of carbonyl (C=O) groups excluding carboxylic acids is 1. The van der Waals surface area contributed by atoms with Gasteiger partial charge in [-0.25, -0.2) is 4.79 Å². The number of aliphatic carboxylic acids is 1. The van der Waals surface area contributed by atoms with Gasteiger partial charge in [-0.1, -0.05) is 34.1 Å². The van der Waals surface area contributed by atoms with Gasteiger partial charge in [0.15, 0.2) is 0 Å². The van der Waals surface area contributed by atoms with Crippen LogP contribution in [0.25, 0.3) is 0 Å². The van der Waals surface area contributed by atoms with Gasteiger partial charge in [-0.05, 0) is 18.8 Å². The second-order valence-electron chi connectivity index (χ2n) is 5.58. The molecule has 0 spiro atoms. The quantitative estimate of drug-likeness (QED) is 0.476. The first-order chi connectivity index (χ1) is 10.4. The molecule has 0 radical (unpaired) electrons. The number of hydrogen-bond acceptors (Lipinski definition) is 4. The van der Waals surface area contributed by atoms with Crippen molar-refractivity contribution in [1.29, 1.82) is 5.26 Å². The summed E-state index contributed by atoms with van der Waals surface area (Å²) < 4.78 is 0. The lowest BCUT2D eigenvalue weighted by Crippen LogP contribution is -2.45. The van der Waals surface area contributed by atoms with Crippen LogP contribution in [0.5, 0.6) is 0 Å². The molecule has 0 saturated carbocycles. The van der Waals surface area contributed by atoms with Crippen molar-refractivity contribution in [2.24, 2.45) is 5.92 Å². The van der Waals surface area contributed by atoms with E-state index in [4.69, 9.17) is 5.11 Å². The highest BCUT2D eigenvalue weighted by atomic mass is 16.4. The van der Waals surface area contributed by atoms with E-state index in [1.807, 2.05) is 17.9 Å². The summed E-state index contributed by atoms with van der Waals surface area (Å²) >= 11 is 0. The molecule has 0 rings (SSSR count). The lowest BCUT2D eigenvalue weighted by atomic mass is 10.0. The van der Waals surface area contributed by atoms with Crippen molar-refractivity contribution in [3.8, 4) is 6.07 Å². The second-order valence-corrected chi connectivity index (χ2v) is 5.58. The van der Waals surface area contributed by atoms with Gasteiger partial charge < -0.3 is 15.3 Å². The number of carbonyl (C=O) groups is 2. The van der Waals surface area contributed by atoms with Gasteiger partial charge in [0, 0.05) is 19.3 Å². The van der Waals surface area contributed by atoms with E-state index in [0.29, 0.717) is 0 Å². The number of rotatable bonds is 10. The van der Waals surface area contributed by atoms with Crippen molar-refractivity contribution < 1.29 is 14.7 Å². The SMILES string of the molecule is CCCCN(/C=C(/C#N)C(=O)NC(C(=O)O)C(C)C)CCC. The van der Waals surface area contributed by atoms with E-state index in [0.717, 1.165) is 32.4 Å². The molecule has 0 aliphatic rings. The number of amides is 1. The fraction of sp³-hybridized carbons (Fsp3) is 0.688. The Morgan fingerprint density at radius 2 is 1.91 bits per heavy atom. The molecule has 0 fully saturated rings. The highest BCUT2D eigenvalue weighted by Crippen LogP contribution is 2.06. The summed E-state index contributed by atoms with van der Waals surface area (Å²) in [7, 11) is 0. The first-order valence-corrected chi connectivity index (χ1v) is 7.76. The minimum absolute atomic E-state index is 0.0588. The van der Waals surface area contributed by atoms with Crippen LogP contribution in [-0.4, -0.2) is 41.0 Å². The minimum atomic E-state index is -1.10. The zero-order valence-electron chi connectivity index (χ0n) is 13.9. The van der Waals surface area contributed by atoms with E-state index in [9.17, 15) is 14.9 Å². The first kappa shape index (κ1) is 20.0. The van der Waals surface area contributed by atoms with Crippen molar-refractivity contribution in [1.82, 2.24) is 10.2 Å². The Bertz CT molecular complexity index is 438. The summed E-state index contributed by atoms with van der Waals surface area (Å²) in [6.07, 6.45) is 4.44. The molecule has 0 aromatic heterocycles. The van der Waals surface area contributed by atoms with Gasteiger partial charge in [0.1, 0.15) is 17.7 Å². The second kappa shape index (κ2) is 10.7. The number of unbranched alkanes of at least 4 members (excludes halogenated alkanes) is 1. The Hall–Kier alpha value is -2.03. The molecule has 0 aromatic rings. The zero-order valence-corrected chi connectivity index (χ0v) is 13.9. The van der Waals surface area contributed by atoms with Crippen LogP contribution in [-0.2, 0) is 9.59 Å². The Morgan fingerprint density at radius 3 is 2.32 bits per heavy atom. The third-order valence-corrected chi connectivity index (χ3v) is 3.21. The molecule has 1 amide bonds. The average Bonchev–Trinajstić information content (AvgIpc) is 2.46. The highest BCUT2D eigenvalue weighted by Gasteiger charge is 2.25. The largest absolute Gasteiger partial charge is 0.480 e. The van der Waals surface area contributed by atoms with Crippen LogP contribution < -0.4 is 5.32 Å². The van der Waals surface area contributed by atoms with Crippen molar-refractivity contribution in [2.75, 3.05) is 13.1 Å². The predicted molar refractivity (Wildman–Crippen MR) is 84.9 cm³/mol. The lowest BCUT2D eigenvalue weighted by molar-refractivity contribution is -0.142. The number of carboxylic acid groups (broad SMARTS) is 1. The fourth-order valence-corrected chi connectivity index (χ4v) is 1.94. The first-order valence-electron chi connectivity index (χ1n) is 7.76. The van der Waals surface area contributed by atoms with Gasteiger partial charge in [0.05, 0.1) is 0 Å². The molecule has 6 nitrogen and oxygen atoms in total. The van der Waals surface area contributed by atoms with E-state index in [-0.39, 0.29) is 11.5 Å². The third-order valence-electron chi connectivity index (χ3n) is 3.21. The lowest BCUT2D eigenvalue weighted by Gasteiger charge is -2.21. The maximum atomic E-state index is 12.1. The molecule has 6 heteroatoms. The maximum Gasteiger partial charge on any atom is 0.326 e. The summed E-state index contributed by atoms with van der Waals surface area (Å²) in [5.41, 5.74) is -0.0588. The Morgan fingerprint density at radius 1 is 1.27 bits per heavy atom. The molecule has 2 N–H and O–H groups in total. The van der Waals surface area contributed by atoms with Crippen LogP contribution in [0.2, 0.25) is 0 Å². The summed E-state index contributed by atoms with van der Waals surface area (Å²) in [4.78, 5) is 25.2. The highest BCUT2D eigenvalue weighted by molar-refractivity contribution is 5.99. The molecule has 0 bridgehead atoms. The molecule has 0 saturated heterocycles. The van der Waals surface area contributed by atoms with Crippen molar-refractivity contribution in [3.63, 3.8) is 0 Å². The fourth-order valence-electron chi connectivity index (χ4n) is 1.94. The topological polar surface area (TPSA) is 93.4 Å². The predicted octanol–water partition coefficient (Wildman–Crippen LogP) is 2.13. The summed E-state index contributed by atoms with van der Waals surface area (Å²) in [5, 5.41) is 20.7. The maximum absolute atomic E-state index is 12.1. The monoisotopic (exact) mass is 309 g/mol. The molecular weight excluding hydrogens is 282 g/mol. The normalized spacial score (nSPS) is 12.6. The number of nitrogens with zero attached hydrogens (tertiary/aromatic N) is 2. The number of nitrogens with one attached hydrogen (secondary N) is 1. The molecule has 22 heavy (non-hydrogen) atoms. The van der Waals surface area contributed by atoms with Crippen molar-refractivity contribution in [2.45, 2.75) is 53.0 Å². The smallest absolute Gasteiger partial charge is 0.326 e. The van der Waals surface area contributed by atoms with Crippen LogP contribution in [0.15, 0.2) is 11.8 Å². The molecule has 1 unspecified atom stereocenters. The molecule has 0 heterocycles. The van der Waals surface area contributed by atoms with Crippen LogP contribution in [0.4, 0.5) is 0 Å². The number of hydrogen-bond donors (Lipinski definition) is 2. The van der Waals surface area contributed by atoms with Gasteiger partial charge in [0.25, 0.3) is 5.91 Å². The van der Waals surface area contributed by atoms with Crippen LogP contribution >= 0.6 is 0 Å². The molecule has 0 aliphatic heterocycles. The van der Waals surface area contributed by atoms with Crippen LogP contribution in [0, 0.1) is 17.2 Å². The van der Waals surface area contributed by atoms with Gasteiger partial charge >= 0.3 is 5.97 Å². The van der Waals surface area contributed by atoms with Crippen molar-refractivity contribution >= 4 is 11.9 Å². The molecule has 0 aliphatic carbocycles. The zero-order chi connectivity index (χ0) is 17.1. The summed E-state index contributed by atoms with van der Waals surface area (Å²) in [5.74, 6) is -1.99. The Labute approximate surface area is 132 Å². The van der Waals surface area contributed by atoms with Crippen molar-refractivity contribution in [3.05, 3.63) is 11.8 Å². The average molecular weight is 309 g/mol. The van der Waals surface area contributed by atoms with Gasteiger partial charge in [-0.15, -0.1) is 0 Å². The molecule has 0 aromatic carbocycles. The summed E-state index contributed by atoms with van der Waals surface area (Å²) in [6.45, 7) is 9.04. The van der Waals surface area contributed by atoms with Gasteiger partial charge in [-0.3, -0.25) is 4.79 Å². The third kappa shape index (κ3) is 7.11. The van der Waals surface area contributed by atoms with E-state index in [2.05, 4.69) is 12.2 Å². The standard InChI is InChI=1S/C16H27N3O3/c1-5-7-9-19(8-6-2)11-13(10-17)15(20)18-14(12(3)4)16(21)22/h11-12,14H,5-9H2,1-4H3,(H,18,20)(H,21,22)/b13-11-. The Balaban J connectivity index is 5.04. The van der Waals surface area contributed by atoms with Gasteiger partial charge in [0.2, 0.25) is 0 Å². The van der Waals surface area contributed by atoms with Crippen LogP contribution in [0.3, 0.4) is 0 Å². The van der Waals surface area contributed by atoms with E-state index < -0.39 is 17.9 Å². The minimum Gasteiger partial charge on any atom is -0.480 e. The number of carboxylic acids is 1. The summed E-state index contributed by atoms with van der Waals surface area (Å²) in [6, 6.07) is 0.864. The van der Waals surface area contributed by atoms with Gasteiger partial charge in [-0.2, -0.15) is 5.26 Å². The molecule has 124 valence electrons. The van der Waals surface area contributed by atoms with E-state index >= 15 is 0 Å². The molecule has 1 atom stereocenters. The number of nitriles is 1. The van der Waals surface area contributed by atoms with E-state index in [1.165, 1.54) is 6.20 Å². The van der Waals surface area contributed by atoms with E-state index in [1.54, 1.807) is 13.8 Å². The molecular formula is C16H27N3O3. The Kier molecular flexibility index (Phi) is 9.68.